The molecule has 0 bridgehead atoms. The fourth-order valence-corrected chi connectivity index (χ4v) is 2.12. The summed E-state index contributed by atoms with van der Waals surface area (Å²) in [6.07, 6.45) is 0.872. The van der Waals surface area contributed by atoms with Crippen LogP contribution in [0.1, 0.15) is 12.5 Å². The molecule has 0 fully saturated rings. The maximum absolute atomic E-state index is 13.6. The van der Waals surface area contributed by atoms with E-state index in [0.717, 1.165) is 23.7 Å². The topological polar surface area (TPSA) is 41.1 Å². The summed E-state index contributed by atoms with van der Waals surface area (Å²) in [7, 11) is 0. The first kappa shape index (κ1) is 15.3. The lowest BCUT2D eigenvalue weighted by Crippen LogP contribution is -2.22. The van der Waals surface area contributed by atoms with Crippen LogP contribution in [0.25, 0.3) is 0 Å². The quantitative estimate of drug-likeness (QED) is 0.873. The summed E-state index contributed by atoms with van der Waals surface area (Å²) in [5, 5.41) is 5.86. The smallest absolute Gasteiger partial charge is 0.243 e. The van der Waals surface area contributed by atoms with Crippen LogP contribution in [-0.4, -0.2) is 12.5 Å². The average molecular weight is 307 g/mol. The van der Waals surface area contributed by atoms with Crippen molar-refractivity contribution in [3.8, 4) is 0 Å². The van der Waals surface area contributed by atoms with E-state index in [9.17, 15) is 9.18 Å². The molecule has 0 aliphatic carbocycles. The number of anilines is 2. The van der Waals surface area contributed by atoms with Gasteiger partial charge in [-0.25, -0.2) is 4.39 Å². The van der Waals surface area contributed by atoms with Crippen molar-refractivity contribution in [3.05, 3.63) is 58.9 Å². The van der Waals surface area contributed by atoms with E-state index in [-0.39, 0.29) is 18.1 Å². The van der Waals surface area contributed by atoms with Crippen LogP contribution in [0.5, 0.6) is 0 Å². The van der Waals surface area contributed by atoms with Crippen molar-refractivity contribution in [2.45, 2.75) is 13.3 Å². The molecule has 3 nitrogen and oxygen atoms in total. The number of aryl methyl sites for hydroxylation is 1. The van der Waals surface area contributed by atoms with E-state index in [1.54, 1.807) is 0 Å². The van der Waals surface area contributed by atoms with Gasteiger partial charge in [0.15, 0.2) is 0 Å². The van der Waals surface area contributed by atoms with Gasteiger partial charge in [0, 0.05) is 10.7 Å². The highest BCUT2D eigenvalue weighted by molar-refractivity contribution is 6.30. The molecule has 0 aromatic heterocycles. The highest BCUT2D eigenvalue weighted by Gasteiger charge is 2.08. The van der Waals surface area contributed by atoms with E-state index in [1.807, 2.05) is 31.2 Å². The largest absolute Gasteiger partial charge is 0.376 e. The minimum Gasteiger partial charge on any atom is -0.376 e. The first-order chi connectivity index (χ1) is 10.1. The summed E-state index contributed by atoms with van der Waals surface area (Å²) in [5.74, 6) is -0.869. The SMILES string of the molecule is CCc1ccccc1NCC(=O)Nc1ccc(Cl)cc1F. The molecule has 0 saturated heterocycles. The van der Waals surface area contributed by atoms with Crippen LogP contribution in [-0.2, 0) is 11.2 Å². The molecule has 5 heteroatoms. The van der Waals surface area contributed by atoms with Gasteiger partial charge >= 0.3 is 0 Å². The molecule has 0 aliphatic heterocycles. The summed E-state index contributed by atoms with van der Waals surface area (Å²) < 4.78 is 13.6. The molecule has 2 aromatic rings. The first-order valence-electron chi connectivity index (χ1n) is 6.67. The highest BCUT2D eigenvalue weighted by Crippen LogP contribution is 2.19. The molecule has 1 amide bonds. The Morgan fingerprint density at radius 1 is 1.19 bits per heavy atom. The van der Waals surface area contributed by atoms with Crippen LogP contribution >= 0.6 is 11.6 Å². The number of carbonyl (C=O) groups excluding carboxylic acids is 1. The maximum Gasteiger partial charge on any atom is 0.243 e. The summed E-state index contributed by atoms with van der Waals surface area (Å²) >= 11 is 5.66. The van der Waals surface area contributed by atoms with Crippen LogP contribution in [0.15, 0.2) is 42.5 Å². The third-order valence-corrected chi connectivity index (χ3v) is 3.28. The minimum atomic E-state index is -0.551. The molecule has 0 saturated carbocycles. The van der Waals surface area contributed by atoms with Gasteiger partial charge in [0.1, 0.15) is 5.82 Å². The molecule has 0 spiro atoms. The lowest BCUT2D eigenvalue weighted by molar-refractivity contribution is -0.114. The Morgan fingerprint density at radius 2 is 1.95 bits per heavy atom. The van der Waals surface area contributed by atoms with Gasteiger partial charge in [-0.05, 0) is 36.2 Å². The molecule has 21 heavy (non-hydrogen) atoms. The van der Waals surface area contributed by atoms with Gasteiger partial charge in [-0.3, -0.25) is 4.79 Å². The van der Waals surface area contributed by atoms with Gasteiger partial charge in [-0.2, -0.15) is 0 Å². The summed E-state index contributed by atoms with van der Waals surface area (Å²) in [5.41, 5.74) is 2.16. The van der Waals surface area contributed by atoms with Crippen LogP contribution in [0.2, 0.25) is 5.02 Å². The Kier molecular flexibility index (Phi) is 5.17. The standard InChI is InChI=1S/C16H16ClFN2O/c1-2-11-5-3-4-6-14(11)19-10-16(21)20-15-8-7-12(17)9-13(15)18/h3-9,19H,2,10H2,1H3,(H,20,21). The Bertz CT molecular complexity index is 646. The third kappa shape index (κ3) is 4.20. The van der Waals surface area contributed by atoms with E-state index in [2.05, 4.69) is 10.6 Å². The predicted octanol–water partition coefficient (Wildman–Crippen LogP) is 4.09. The zero-order chi connectivity index (χ0) is 15.2. The molecule has 0 unspecified atom stereocenters. The van der Waals surface area contributed by atoms with Crippen molar-refractivity contribution in [1.82, 2.24) is 0 Å². The van der Waals surface area contributed by atoms with E-state index in [1.165, 1.54) is 12.1 Å². The maximum atomic E-state index is 13.6. The zero-order valence-electron chi connectivity index (χ0n) is 11.6. The summed E-state index contributed by atoms with van der Waals surface area (Å²) in [6.45, 7) is 2.11. The molecule has 0 heterocycles. The molecular weight excluding hydrogens is 291 g/mol. The number of para-hydroxylation sites is 1. The second-order valence-electron chi connectivity index (χ2n) is 4.54. The number of hydrogen-bond acceptors (Lipinski definition) is 2. The number of rotatable bonds is 5. The fraction of sp³-hybridized carbons (Fsp3) is 0.188. The average Bonchev–Trinajstić information content (AvgIpc) is 2.48. The minimum absolute atomic E-state index is 0.0685. The number of hydrogen-bond donors (Lipinski definition) is 2. The van der Waals surface area contributed by atoms with Crippen LogP contribution in [0.4, 0.5) is 15.8 Å². The Labute approximate surface area is 128 Å². The molecule has 2 rings (SSSR count). The Hall–Kier alpha value is -2.07. The second kappa shape index (κ2) is 7.09. The zero-order valence-corrected chi connectivity index (χ0v) is 12.4. The van der Waals surface area contributed by atoms with Crippen molar-refractivity contribution in [2.24, 2.45) is 0 Å². The number of carbonyl (C=O) groups is 1. The summed E-state index contributed by atoms with van der Waals surface area (Å²) in [6, 6.07) is 11.9. The summed E-state index contributed by atoms with van der Waals surface area (Å²) in [4.78, 5) is 11.8. The molecule has 110 valence electrons. The van der Waals surface area contributed by atoms with Crippen LogP contribution < -0.4 is 10.6 Å². The molecule has 0 radical (unpaired) electrons. The molecule has 2 N–H and O–H groups in total. The van der Waals surface area contributed by atoms with E-state index in [4.69, 9.17) is 11.6 Å². The van der Waals surface area contributed by atoms with E-state index < -0.39 is 5.82 Å². The van der Waals surface area contributed by atoms with Gasteiger partial charge in [-0.15, -0.1) is 0 Å². The molecule has 0 atom stereocenters. The highest BCUT2D eigenvalue weighted by atomic mass is 35.5. The molecule has 0 aliphatic rings. The lowest BCUT2D eigenvalue weighted by atomic mass is 10.1. The fourth-order valence-electron chi connectivity index (χ4n) is 1.96. The number of amides is 1. The van der Waals surface area contributed by atoms with Crippen LogP contribution in [0.3, 0.4) is 0 Å². The predicted molar refractivity (Wildman–Crippen MR) is 84.3 cm³/mol. The Balaban J connectivity index is 1.96. The van der Waals surface area contributed by atoms with Crippen LogP contribution in [0, 0.1) is 5.82 Å². The van der Waals surface area contributed by atoms with Gasteiger partial charge in [0.25, 0.3) is 0 Å². The normalized spacial score (nSPS) is 10.2. The van der Waals surface area contributed by atoms with Crippen molar-refractivity contribution in [2.75, 3.05) is 17.2 Å². The molecular formula is C16H16ClFN2O. The molecule has 2 aromatic carbocycles. The van der Waals surface area contributed by atoms with Gasteiger partial charge in [-0.1, -0.05) is 36.7 Å². The Morgan fingerprint density at radius 3 is 2.67 bits per heavy atom. The number of nitrogens with one attached hydrogen (secondary N) is 2. The van der Waals surface area contributed by atoms with Crippen molar-refractivity contribution in [1.29, 1.82) is 0 Å². The monoisotopic (exact) mass is 306 g/mol. The number of benzene rings is 2. The first-order valence-corrected chi connectivity index (χ1v) is 7.04. The van der Waals surface area contributed by atoms with Crippen molar-refractivity contribution in [3.63, 3.8) is 0 Å². The number of halogens is 2. The lowest BCUT2D eigenvalue weighted by Gasteiger charge is -2.11. The van der Waals surface area contributed by atoms with Crippen molar-refractivity contribution >= 4 is 28.9 Å². The third-order valence-electron chi connectivity index (χ3n) is 3.04. The van der Waals surface area contributed by atoms with Gasteiger partial charge in [0.2, 0.25) is 5.91 Å². The van der Waals surface area contributed by atoms with Gasteiger partial charge in [0.05, 0.1) is 12.2 Å². The van der Waals surface area contributed by atoms with Gasteiger partial charge < -0.3 is 10.6 Å². The van der Waals surface area contributed by atoms with E-state index in [0.29, 0.717) is 5.02 Å². The van der Waals surface area contributed by atoms with Crippen molar-refractivity contribution < 1.29 is 9.18 Å². The second-order valence-corrected chi connectivity index (χ2v) is 4.97. The van der Waals surface area contributed by atoms with E-state index >= 15 is 0 Å².